The zero-order valence-electron chi connectivity index (χ0n) is 18.6. The van der Waals surface area contributed by atoms with Crippen LogP contribution in [0.25, 0.3) is 0 Å². The number of alkyl halides is 2. The van der Waals surface area contributed by atoms with Gasteiger partial charge in [-0.25, -0.2) is 0 Å². The molecule has 0 aliphatic heterocycles. The molecule has 0 saturated heterocycles. The molecule has 158 valence electrons. The van der Waals surface area contributed by atoms with Crippen LogP contribution in [-0.4, -0.2) is 43.9 Å². The zero-order valence-corrected chi connectivity index (χ0v) is 25.8. The van der Waals surface area contributed by atoms with Gasteiger partial charge < -0.3 is 8.23 Å². The summed E-state index contributed by atoms with van der Waals surface area (Å²) in [6.45, 7) is 19.4. The van der Waals surface area contributed by atoms with E-state index in [9.17, 15) is 0 Å². The third-order valence-electron chi connectivity index (χ3n) is 4.76. The van der Waals surface area contributed by atoms with E-state index in [0.717, 1.165) is 10.7 Å². The Labute approximate surface area is 185 Å². The first-order chi connectivity index (χ1) is 11.7. The van der Waals surface area contributed by atoms with Crippen LogP contribution in [0.1, 0.15) is 25.7 Å². The van der Waals surface area contributed by atoms with Crippen molar-refractivity contribution >= 4 is 65.1 Å². The first-order valence-corrected chi connectivity index (χ1v) is 25.0. The minimum absolute atomic E-state index is 1.12. The van der Waals surface area contributed by atoms with Crippen molar-refractivity contribution < 1.29 is 8.23 Å². The zero-order chi connectivity index (χ0) is 20.5. The summed E-state index contributed by atoms with van der Waals surface area (Å²) >= 11 is 7.09. The predicted molar refractivity (Wildman–Crippen MR) is 137 cm³/mol. The van der Waals surface area contributed by atoms with Crippen molar-refractivity contribution in [1.29, 1.82) is 0 Å². The minimum Gasteiger partial charge on any atom is -0.456 e. The lowest BCUT2D eigenvalue weighted by molar-refractivity contribution is 0.520. The number of rotatable bonds is 15. The van der Waals surface area contributed by atoms with Gasteiger partial charge in [0.25, 0.3) is 0 Å². The second kappa shape index (κ2) is 12.4. The molecule has 0 saturated carbocycles. The van der Waals surface area contributed by atoms with E-state index in [2.05, 4.69) is 84.2 Å². The fourth-order valence-electron chi connectivity index (χ4n) is 3.59. The summed E-state index contributed by atoms with van der Waals surface area (Å²) in [5.74, 6) is 0. The molecular formula is C18H44Br2O2Si4. The van der Waals surface area contributed by atoms with Gasteiger partial charge in [0.05, 0.1) is 0 Å². The lowest BCUT2D eigenvalue weighted by atomic mass is 10.4. The van der Waals surface area contributed by atoms with E-state index in [-0.39, 0.29) is 0 Å². The standard InChI is InChI=1S/C18H44Br2O2Si4/c1-23(2,15-11-9-13-19)21-25(5,6)17-18-26(7,8)22-24(3,4)16-12-10-14-20/h9-18H2,1-8H3. The van der Waals surface area contributed by atoms with Gasteiger partial charge in [-0.1, -0.05) is 44.7 Å². The Bertz CT molecular complexity index is 355. The van der Waals surface area contributed by atoms with Crippen LogP contribution in [-0.2, 0) is 8.23 Å². The number of unbranched alkanes of at least 4 members (excludes halogenated alkanes) is 2. The van der Waals surface area contributed by atoms with E-state index in [1.54, 1.807) is 0 Å². The van der Waals surface area contributed by atoms with Crippen molar-refractivity contribution in [2.45, 2.75) is 102 Å². The third kappa shape index (κ3) is 14.7. The first-order valence-electron chi connectivity index (χ1n) is 10.3. The molecule has 0 radical (unpaired) electrons. The van der Waals surface area contributed by atoms with E-state index in [0.29, 0.717) is 0 Å². The molecular weight excluding hydrogens is 520 g/mol. The largest absolute Gasteiger partial charge is 0.456 e. The summed E-state index contributed by atoms with van der Waals surface area (Å²) < 4.78 is 13.6. The normalized spacial score (nSPS) is 14.1. The Hall–Kier alpha value is 1.75. The van der Waals surface area contributed by atoms with Crippen molar-refractivity contribution in [3.8, 4) is 0 Å². The molecule has 0 N–H and O–H groups in total. The average molecular weight is 565 g/mol. The van der Waals surface area contributed by atoms with Crippen LogP contribution < -0.4 is 0 Å². The maximum atomic E-state index is 6.81. The monoisotopic (exact) mass is 562 g/mol. The highest BCUT2D eigenvalue weighted by molar-refractivity contribution is 9.09. The highest BCUT2D eigenvalue weighted by Gasteiger charge is 2.37. The highest BCUT2D eigenvalue weighted by Crippen LogP contribution is 2.30. The van der Waals surface area contributed by atoms with Gasteiger partial charge in [-0.05, 0) is 89.4 Å². The van der Waals surface area contributed by atoms with Crippen LogP contribution in [0.3, 0.4) is 0 Å². The van der Waals surface area contributed by atoms with Crippen LogP contribution in [0.5, 0.6) is 0 Å². The van der Waals surface area contributed by atoms with Crippen molar-refractivity contribution in [1.82, 2.24) is 0 Å². The maximum absolute atomic E-state index is 6.81. The lowest BCUT2D eigenvalue weighted by Crippen LogP contribution is -2.48. The molecule has 0 unspecified atom stereocenters. The van der Waals surface area contributed by atoms with Gasteiger partial charge in [0.15, 0.2) is 33.3 Å². The number of hydrogen-bond acceptors (Lipinski definition) is 2. The van der Waals surface area contributed by atoms with Crippen molar-refractivity contribution in [3.63, 3.8) is 0 Å². The summed E-state index contributed by atoms with van der Waals surface area (Å²) in [5.41, 5.74) is 0. The van der Waals surface area contributed by atoms with E-state index < -0.39 is 33.3 Å². The smallest absolute Gasteiger partial charge is 0.173 e. The molecule has 26 heavy (non-hydrogen) atoms. The Kier molecular flexibility index (Phi) is 13.3. The second-order valence-electron chi connectivity index (χ2n) is 10.0. The first kappa shape index (κ1) is 27.7. The highest BCUT2D eigenvalue weighted by atomic mass is 79.9. The van der Waals surface area contributed by atoms with Gasteiger partial charge in [-0.3, -0.25) is 0 Å². The second-order valence-corrected chi connectivity index (χ2v) is 29.3. The fourth-order valence-corrected chi connectivity index (χ4v) is 25.0. The summed E-state index contributed by atoms with van der Waals surface area (Å²) in [6, 6.07) is 5.10. The van der Waals surface area contributed by atoms with E-state index in [1.807, 2.05) is 0 Å². The van der Waals surface area contributed by atoms with Gasteiger partial charge in [-0.2, -0.15) is 0 Å². The molecule has 0 spiro atoms. The molecule has 0 fully saturated rings. The molecule has 0 rings (SSSR count). The van der Waals surface area contributed by atoms with Gasteiger partial charge in [0.2, 0.25) is 0 Å². The fraction of sp³-hybridized carbons (Fsp3) is 1.00. The van der Waals surface area contributed by atoms with Crippen molar-refractivity contribution in [3.05, 3.63) is 0 Å². The lowest BCUT2D eigenvalue weighted by Gasteiger charge is -2.38. The van der Waals surface area contributed by atoms with Gasteiger partial charge in [0, 0.05) is 10.7 Å². The summed E-state index contributed by atoms with van der Waals surface area (Å²) in [6.07, 6.45) is 5.13. The molecule has 2 nitrogen and oxygen atoms in total. The Morgan fingerprint density at radius 3 is 1.00 bits per heavy atom. The van der Waals surface area contributed by atoms with Crippen LogP contribution in [0.4, 0.5) is 0 Å². The van der Waals surface area contributed by atoms with Crippen LogP contribution in [0.15, 0.2) is 0 Å². The van der Waals surface area contributed by atoms with E-state index in [1.165, 1.54) is 49.9 Å². The molecule has 0 aromatic carbocycles. The van der Waals surface area contributed by atoms with Gasteiger partial charge in [0.1, 0.15) is 0 Å². The summed E-state index contributed by atoms with van der Waals surface area (Å²) in [5, 5.41) is 2.23. The summed E-state index contributed by atoms with van der Waals surface area (Å²) in [4.78, 5) is 0. The van der Waals surface area contributed by atoms with Crippen LogP contribution >= 0.6 is 31.9 Å². The van der Waals surface area contributed by atoms with E-state index in [4.69, 9.17) is 8.23 Å². The third-order valence-corrected chi connectivity index (χ3v) is 21.2. The quantitative estimate of drug-likeness (QED) is 0.113. The molecule has 0 amide bonds. The van der Waals surface area contributed by atoms with Crippen molar-refractivity contribution in [2.75, 3.05) is 10.7 Å². The molecule has 0 heterocycles. The molecule has 0 aromatic heterocycles. The maximum Gasteiger partial charge on any atom is 0.173 e. The van der Waals surface area contributed by atoms with E-state index >= 15 is 0 Å². The number of hydrogen-bond donors (Lipinski definition) is 0. The van der Waals surface area contributed by atoms with Gasteiger partial charge >= 0.3 is 0 Å². The van der Waals surface area contributed by atoms with Gasteiger partial charge in [-0.15, -0.1) is 0 Å². The van der Waals surface area contributed by atoms with Crippen LogP contribution in [0, 0.1) is 0 Å². The minimum atomic E-state index is -1.60. The molecule has 0 aliphatic carbocycles. The van der Waals surface area contributed by atoms with Crippen molar-refractivity contribution in [2.24, 2.45) is 0 Å². The Morgan fingerprint density at radius 2 is 0.731 bits per heavy atom. The molecule has 0 aromatic rings. The SMILES string of the molecule is C[Si](C)(CCCCBr)O[Si](C)(C)CC[Si](C)(C)O[Si](C)(C)CCCCBr. The topological polar surface area (TPSA) is 18.5 Å². The molecule has 8 heteroatoms. The Morgan fingerprint density at radius 1 is 0.462 bits per heavy atom. The Balaban J connectivity index is 4.52. The molecule has 0 bridgehead atoms. The number of halogens is 2. The molecule has 0 aliphatic rings. The average Bonchev–Trinajstić information content (AvgIpc) is 2.43. The predicted octanol–water partition coefficient (Wildman–Crippen LogP) is 8.19. The molecule has 0 atom stereocenters. The van der Waals surface area contributed by atoms with Crippen LogP contribution in [0.2, 0.25) is 76.6 Å². The summed E-state index contributed by atoms with van der Waals surface area (Å²) in [7, 11) is -6.25.